The van der Waals surface area contributed by atoms with Crippen molar-refractivity contribution in [2.75, 3.05) is 26.2 Å². The van der Waals surface area contributed by atoms with Gasteiger partial charge in [0.2, 0.25) is 0 Å². The summed E-state index contributed by atoms with van der Waals surface area (Å²) >= 11 is 0. The number of allylic oxidation sites excluding steroid dienone is 2. The van der Waals surface area contributed by atoms with E-state index in [9.17, 15) is 14.4 Å². The minimum absolute atomic E-state index is 0.174. The zero-order valence-electron chi connectivity index (χ0n) is 27.9. The number of unbranched alkanes of at least 4 members (excludes halogenated alkanes) is 18. The molecular formula is C36H68NO6+. The lowest BCUT2D eigenvalue weighted by Crippen LogP contribution is -2.51. The van der Waals surface area contributed by atoms with Crippen LogP contribution in [0.3, 0.4) is 0 Å². The molecule has 0 atom stereocenters. The molecule has 0 spiro atoms. The van der Waals surface area contributed by atoms with Crippen molar-refractivity contribution in [2.24, 2.45) is 0 Å². The Morgan fingerprint density at radius 3 is 1.02 bits per heavy atom. The molecule has 0 bridgehead atoms. The zero-order chi connectivity index (χ0) is 31.9. The summed E-state index contributed by atoms with van der Waals surface area (Å²) in [6.45, 7) is 5.95. The average molecular weight is 611 g/mol. The molecule has 0 aliphatic heterocycles. The maximum atomic E-state index is 11.0. The van der Waals surface area contributed by atoms with Crippen LogP contribution in [0.2, 0.25) is 0 Å². The van der Waals surface area contributed by atoms with Gasteiger partial charge in [0.25, 0.3) is 0 Å². The standard InChI is InChI=1S/C36H67NO6/c1-2-3-4-5-6-7-8-9-10-11-12-13-14-15-16-17-18-19-23-30-37(31-24-20-27-34(38)39,32-25-21-28-35(40)41)33-26-22-29-36(42)43/h10-11H,2-9,12-33H2,1H3,(H2-,38,39,40,41,42,43)/p+1/b11-10+. The highest BCUT2D eigenvalue weighted by Gasteiger charge is 2.26. The minimum atomic E-state index is -0.767. The van der Waals surface area contributed by atoms with Crippen molar-refractivity contribution in [3.63, 3.8) is 0 Å². The third-order valence-corrected chi connectivity index (χ3v) is 8.71. The highest BCUT2D eigenvalue weighted by atomic mass is 16.4. The first-order chi connectivity index (χ1) is 20.8. The van der Waals surface area contributed by atoms with Crippen molar-refractivity contribution in [3.8, 4) is 0 Å². The normalized spacial score (nSPS) is 11.8. The Kier molecular flexibility index (Phi) is 28.8. The number of nitrogens with zero attached hydrogens (tertiary/aromatic N) is 1. The topological polar surface area (TPSA) is 112 Å². The van der Waals surface area contributed by atoms with Crippen molar-refractivity contribution >= 4 is 17.9 Å². The van der Waals surface area contributed by atoms with E-state index >= 15 is 0 Å². The molecule has 0 aliphatic rings. The Bertz CT molecular complexity index is 653. The fraction of sp³-hybridized carbons (Fsp3) is 0.861. The molecule has 7 heteroatoms. The molecule has 3 N–H and O–H groups in total. The number of hydrogen-bond donors (Lipinski definition) is 3. The fourth-order valence-electron chi connectivity index (χ4n) is 6.07. The van der Waals surface area contributed by atoms with Gasteiger partial charge in [-0.25, -0.2) is 0 Å². The molecule has 43 heavy (non-hydrogen) atoms. The van der Waals surface area contributed by atoms with Crippen LogP contribution in [-0.4, -0.2) is 63.9 Å². The molecule has 0 unspecified atom stereocenters. The van der Waals surface area contributed by atoms with Gasteiger partial charge in [-0.2, -0.15) is 0 Å². The molecule has 0 aromatic heterocycles. The molecule has 0 aliphatic carbocycles. The number of hydrogen-bond acceptors (Lipinski definition) is 3. The van der Waals surface area contributed by atoms with Gasteiger partial charge < -0.3 is 19.8 Å². The van der Waals surface area contributed by atoms with Gasteiger partial charge in [0.15, 0.2) is 0 Å². The Hall–Kier alpha value is -1.89. The molecule has 0 fully saturated rings. The lowest BCUT2D eigenvalue weighted by Gasteiger charge is -2.39. The van der Waals surface area contributed by atoms with Crippen LogP contribution >= 0.6 is 0 Å². The number of quaternary nitrogens is 1. The predicted molar refractivity (Wildman–Crippen MR) is 177 cm³/mol. The average Bonchev–Trinajstić information content (AvgIpc) is 2.96. The summed E-state index contributed by atoms with van der Waals surface area (Å²) in [6, 6.07) is 0. The van der Waals surface area contributed by atoms with Crippen LogP contribution in [0.25, 0.3) is 0 Å². The van der Waals surface area contributed by atoms with E-state index in [4.69, 9.17) is 15.3 Å². The summed E-state index contributed by atoms with van der Waals surface area (Å²) in [6.07, 6.45) is 31.8. The molecule has 0 aromatic carbocycles. The third-order valence-electron chi connectivity index (χ3n) is 8.71. The monoisotopic (exact) mass is 611 g/mol. The van der Waals surface area contributed by atoms with Crippen LogP contribution in [0.1, 0.15) is 174 Å². The molecule has 252 valence electrons. The van der Waals surface area contributed by atoms with Gasteiger partial charge in [-0.1, -0.05) is 89.7 Å². The van der Waals surface area contributed by atoms with Crippen LogP contribution in [-0.2, 0) is 14.4 Å². The van der Waals surface area contributed by atoms with Gasteiger partial charge in [0.1, 0.15) is 0 Å². The van der Waals surface area contributed by atoms with Crippen LogP contribution in [0, 0.1) is 0 Å². The number of carboxylic acid groups (broad SMARTS) is 3. The van der Waals surface area contributed by atoms with Crippen LogP contribution in [0.5, 0.6) is 0 Å². The van der Waals surface area contributed by atoms with E-state index in [0.29, 0.717) is 19.3 Å². The highest BCUT2D eigenvalue weighted by Crippen LogP contribution is 2.20. The summed E-state index contributed by atoms with van der Waals surface area (Å²) in [5.41, 5.74) is 0. The first-order valence-electron chi connectivity index (χ1n) is 18.0. The number of aliphatic carboxylic acids is 3. The number of carbonyl (C=O) groups is 3. The van der Waals surface area contributed by atoms with Gasteiger partial charge >= 0.3 is 17.9 Å². The van der Waals surface area contributed by atoms with Gasteiger partial charge in [0.05, 0.1) is 26.2 Å². The van der Waals surface area contributed by atoms with E-state index in [2.05, 4.69) is 19.1 Å². The van der Waals surface area contributed by atoms with Gasteiger partial charge in [-0.3, -0.25) is 14.4 Å². The maximum Gasteiger partial charge on any atom is 0.303 e. The second-order valence-corrected chi connectivity index (χ2v) is 12.8. The summed E-state index contributed by atoms with van der Waals surface area (Å²) < 4.78 is 0.866. The van der Waals surface area contributed by atoms with E-state index in [0.717, 1.165) is 56.3 Å². The molecular weight excluding hydrogens is 542 g/mol. The summed E-state index contributed by atoms with van der Waals surface area (Å²) in [5, 5.41) is 27.2. The molecule has 0 rings (SSSR count). The van der Waals surface area contributed by atoms with Crippen LogP contribution in [0.15, 0.2) is 12.2 Å². The SMILES string of the molecule is CCCCCCCCC/C=C/CCCCCCCCCC[N+](CCCCC(=O)O)(CCCCC(=O)O)CCCCC(=O)O. The Labute approximate surface area is 264 Å². The number of rotatable bonds is 34. The Balaban J connectivity index is 4.31. The maximum absolute atomic E-state index is 11.0. The molecule has 0 heterocycles. The van der Waals surface area contributed by atoms with E-state index in [-0.39, 0.29) is 19.3 Å². The van der Waals surface area contributed by atoms with E-state index in [1.54, 1.807) is 0 Å². The predicted octanol–water partition coefficient (Wildman–Crippen LogP) is 9.78. The van der Waals surface area contributed by atoms with E-state index < -0.39 is 17.9 Å². The van der Waals surface area contributed by atoms with Gasteiger partial charge in [0, 0.05) is 19.3 Å². The highest BCUT2D eigenvalue weighted by molar-refractivity contribution is 5.67. The summed E-state index contributed by atoms with van der Waals surface area (Å²) in [4.78, 5) is 33.0. The minimum Gasteiger partial charge on any atom is -0.481 e. The lowest BCUT2D eigenvalue weighted by molar-refractivity contribution is -0.929. The summed E-state index contributed by atoms with van der Waals surface area (Å²) in [7, 11) is 0. The largest absolute Gasteiger partial charge is 0.481 e. The molecule has 0 amide bonds. The smallest absolute Gasteiger partial charge is 0.303 e. The molecule has 0 saturated heterocycles. The first-order valence-corrected chi connectivity index (χ1v) is 18.0. The lowest BCUT2D eigenvalue weighted by atomic mass is 10.0. The van der Waals surface area contributed by atoms with Crippen molar-refractivity contribution in [2.45, 2.75) is 174 Å². The van der Waals surface area contributed by atoms with Gasteiger partial charge in [-0.15, -0.1) is 0 Å². The van der Waals surface area contributed by atoms with Crippen molar-refractivity contribution in [1.82, 2.24) is 0 Å². The zero-order valence-corrected chi connectivity index (χ0v) is 27.9. The molecule has 7 nitrogen and oxygen atoms in total. The quantitative estimate of drug-likeness (QED) is 0.0380. The molecule has 0 radical (unpaired) electrons. The van der Waals surface area contributed by atoms with Crippen LogP contribution < -0.4 is 0 Å². The molecule has 0 aromatic rings. The van der Waals surface area contributed by atoms with Crippen LogP contribution in [0.4, 0.5) is 0 Å². The van der Waals surface area contributed by atoms with E-state index in [1.807, 2.05) is 0 Å². The first kappa shape index (κ1) is 41.1. The Morgan fingerprint density at radius 1 is 0.419 bits per heavy atom. The second-order valence-electron chi connectivity index (χ2n) is 12.8. The fourth-order valence-corrected chi connectivity index (χ4v) is 6.07. The van der Waals surface area contributed by atoms with Gasteiger partial charge in [-0.05, 0) is 77.0 Å². The van der Waals surface area contributed by atoms with Crippen molar-refractivity contribution in [3.05, 3.63) is 12.2 Å². The Morgan fingerprint density at radius 2 is 0.698 bits per heavy atom. The summed E-state index contributed by atoms with van der Waals surface area (Å²) in [5.74, 6) is -2.30. The number of carboxylic acids is 3. The molecule has 0 saturated carbocycles. The third kappa shape index (κ3) is 29.9. The second kappa shape index (κ2) is 30.1. The van der Waals surface area contributed by atoms with Crippen molar-refractivity contribution in [1.29, 1.82) is 0 Å². The van der Waals surface area contributed by atoms with E-state index in [1.165, 1.54) is 103 Å². The van der Waals surface area contributed by atoms with Crippen molar-refractivity contribution < 1.29 is 34.2 Å².